The maximum absolute atomic E-state index is 5.35. The first-order valence-corrected chi connectivity index (χ1v) is 6.12. The molecule has 0 radical (unpaired) electrons. The van der Waals surface area contributed by atoms with Crippen LogP contribution in [0.25, 0.3) is 0 Å². The van der Waals surface area contributed by atoms with Crippen molar-refractivity contribution in [1.82, 2.24) is 10.2 Å². The SMILES string of the molecule is Cc1[nH]nc(C2CCOCC2)c1CBr. The monoisotopic (exact) mass is 258 g/mol. The first kappa shape index (κ1) is 10.2. The predicted molar refractivity (Wildman–Crippen MR) is 58.7 cm³/mol. The third-order valence-electron chi connectivity index (χ3n) is 2.85. The van der Waals surface area contributed by atoms with Crippen LogP contribution in [0, 0.1) is 6.92 Å². The van der Waals surface area contributed by atoms with E-state index in [1.807, 2.05) is 0 Å². The van der Waals surface area contributed by atoms with Crippen LogP contribution >= 0.6 is 15.9 Å². The highest BCUT2D eigenvalue weighted by Crippen LogP contribution is 2.29. The molecule has 0 aromatic carbocycles. The van der Waals surface area contributed by atoms with Gasteiger partial charge in [0.25, 0.3) is 0 Å². The van der Waals surface area contributed by atoms with Crippen molar-refractivity contribution < 1.29 is 4.74 Å². The Kier molecular flexibility index (Phi) is 3.23. The lowest BCUT2D eigenvalue weighted by Crippen LogP contribution is -2.15. The molecule has 0 aliphatic carbocycles. The quantitative estimate of drug-likeness (QED) is 0.828. The van der Waals surface area contributed by atoms with Crippen molar-refractivity contribution >= 4 is 15.9 Å². The summed E-state index contributed by atoms with van der Waals surface area (Å²) in [5.41, 5.74) is 3.75. The van der Waals surface area contributed by atoms with Crippen LogP contribution in [-0.4, -0.2) is 23.4 Å². The second kappa shape index (κ2) is 4.45. The van der Waals surface area contributed by atoms with Crippen LogP contribution in [-0.2, 0) is 10.1 Å². The minimum Gasteiger partial charge on any atom is -0.381 e. The largest absolute Gasteiger partial charge is 0.381 e. The summed E-state index contributed by atoms with van der Waals surface area (Å²) in [6.07, 6.45) is 2.20. The van der Waals surface area contributed by atoms with Gasteiger partial charge in [-0.1, -0.05) is 15.9 Å². The molecule has 14 heavy (non-hydrogen) atoms. The molecule has 2 heterocycles. The predicted octanol–water partition coefficient (Wildman–Crippen LogP) is 2.51. The summed E-state index contributed by atoms with van der Waals surface area (Å²) < 4.78 is 5.35. The number of ether oxygens (including phenoxy) is 1. The normalized spacial score (nSPS) is 18.7. The van der Waals surface area contributed by atoms with Gasteiger partial charge in [0.05, 0.1) is 5.69 Å². The molecule has 4 heteroatoms. The van der Waals surface area contributed by atoms with Gasteiger partial charge >= 0.3 is 0 Å². The number of hydrogen-bond acceptors (Lipinski definition) is 2. The lowest BCUT2D eigenvalue weighted by atomic mass is 9.94. The van der Waals surface area contributed by atoms with E-state index in [1.54, 1.807) is 0 Å². The first-order chi connectivity index (χ1) is 6.83. The zero-order valence-corrected chi connectivity index (χ0v) is 9.93. The minimum atomic E-state index is 0.584. The van der Waals surface area contributed by atoms with Crippen LogP contribution in [0.4, 0.5) is 0 Å². The Morgan fingerprint density at radius 1 is 1.50 bits per heavy atom. The van der Waals surface area contributed by atoms with Gasteiger partial charge in [0.15, 0.2) is 0 Å². The molecule has 0 amide bonds. The fraction of sp³-hybridized carbons (Fsp3) is 0.700. The van der Waals surface area contributed by atoms with E-state index < -0.39 is 0 Å². The van der Waals surface area contributed by atoms with Gasteiger partial charge in [0.1, 0.15) is 0 Å². The molecule has 0 unspecified atom stereocenters. The third-order valence-corrected chi connectivity index (χ3v) is 3.41. The number of aromatic nitrogens is 2. The van der Waals surface area contributed by atoms with Gasteiger partial charge in [0.2, 0.25) is 0 Å². The minimum absolute atomic E-state index is 0.584. The first-order valence-electron chi connectivity index (χ1n) is 5.00. The summed E-state index contributed by atoms with van der Waals surface area (Å²) in [5, 5.41) is 8.36. The number of aryl methyl sites for hydroxylation is 1. The van der Waals surface area contributed by atoms with Crippen LogP contribution in [0.2, 0.25) is 0 Å². The van der Waals surface area contributed by atoms with E-state index in [2.05, 4.69) is 33.1 Å². The number of alkyl halides is 1. The summed E-state index contributed by atoms with van der Waals surface area (Å²) in [6.45, 7) is 3.82. The van der Waals surface area contributed by atoms with Crippen LogP contribution in [0.5, 0.6) is 0 Å². The smallest absolute Gasteiger partial charge is 0.0697 e. The molecule has 3 nitrogen and oxygen atoms in total. The maximum Gasteiger partial charge on any atom is 0.0697 e. The fourth-order valence-corrected chi connectivity index (χ4v) is 2.66. The zero-order chi connectivity index (χ0) is 9.97. The summed E-state index contributed by atoms with van der Waals surface area (Å²) in [6, 6.07) is 0. The van der Waals surface area contributed by atoms with Gasteiger partial charge in [-0.05, 0) is 19.8 Å². The van der Waals surface area contributed by atoms with E-state index in [4.69, 9.17) is 4.74 Å². The molecular formula is C10H15BrN2O. The average molecular weight is 259 g/mol. The van der Waals surface area contributed by atoms with E-state index in [-0.39, 0.29) is 0 Å². The molecule has 1 N–H and O–H groups in total. The molecule has 1 saturated heterocycles. The molecule has 1 fully saturated rings. The summed E-state index contributed by atoms with van der Waals surface area (Å²) in [4.78, 5) is 0. The Bertz CT molecular complexity index is 305. The van der Waals surface area contributed by atoms with Crippen molar-refractivity contribution in [3.05, 3.63) is 17.0 Å². The highest BCUT2D eigenvalue weighted by Gasteiger charge is 2.21. The molecule has 2 rings (SSSR count). The summed E-state index contributed by atoms with van der Waals surface area (Å²) >= 11 is 3.51. The second-order valence-electron chi connectivity index (χ2n) is 3.73. The van der Waals surface area contributed by atoms with E-state index >= 15 is 0 Å². The molecule has 1 aliphatic rings. The van der Waals surface area contributed by atoms with Crippen molar-refractivity contribution in [2.75, 3.05) is 13.2 Å². The highest BCUT2D eigenvalue weighted by molar-refractivity contribution is 9.08. The number of nitrogens with one attached hydrogen (secondary N) is 1. The average Bonchev–Trinajstić information content (AvgIpc) is 2.61. The molecule has 78 valence electrons. The fourth-order valence-electron chi connectivity index (χ4n) is 1.95. The van der Waals surface area contributed by atoms with Gasteiger partial charge in [-0.25, -0.2) is 0 Å². The van der Waals surface area contributed by atoms with Crippen LogP contribution < -0.4 is 0 Å². The Labute approximate surface area is 92.4 Å². The summed E-state index contributed by atoms with van der Waals surface area (Å²) in [7, 11) is 0. The van der Waals surface area contributed by atoms with Crippen LogP contribution in [0.15, 0.2) is 0 Å². The summed E-state index contributed by atoms with van der Waals surface area (Å²) in [5.74, 6) is 0.584. The van der Waals surface area contributed by atoms with Gasteiger partial charge in [-0.3, -0.25) is 5.10 Å². The third kappa shape index (κ3) is 1.86. The van der Waals surface area contributed by atoms with E-state index in [0.717, 1.165) is 31.4 Å². The standard InChI is InChI=1S/C10H15BrN2O/c1-7-9(6-11)10(13-12-7)8-2-4-14-5-3-8/h8H,2-6H2,1H3,(H,12,13). The van der Waals surface area contributed by atoms with Crippen molar-refractivity contribution in [2.45, 2.75) is 31.0 Å². The number of rotatable bonds is 2. The topological polar surface area (TPSA) is 37.9 Å². The Morgan fingerprint density at radius 2 is 2.21 bits per heavy atom. The molecule has 0 spiro atoms. The van der Waals surface area contributed by atoms with Crippen LogP contribution in [0.3, 0.4) is 0 Å². The van der Waals surface area contributed by atoms with Crippen molar-refractivity contribution in [3.8, 4) is 0 Å². The lowest BCUT2D eigenvalue weighted by Gasteiger charge is -2.21. The lowest BCUT2D eigenvalue weighted by molar-refractivity contribution is 0.0843. The molecule has 0 atom stereocenters. The van der Waals surface area contributed by atoms with Crippen molar-refractivity contribution in [1.29, 1.82) is 0 Å². The van der Waals surface area contributed by atoms with Crippen molar-refractivity contribution in [3.63, 3.8) is 0 Å². The van der Waals surface area contributed by atoms with Gasteiger partial charge in [-0.15, -0.1) is 0 Å². The van der Waals surface area contributed by atoms with E-state index in [1.165, 1.54) is 17.0 Å². The van der Waals surface area contributed by atoms with Crippen LogP contribution in [0.1, 0.15) is 35.7 Å². The van der Waals surface area contributed by atoms with E-state index in [9.17, 15) is 0 Å². The number of halogens is 1. The van der Waals surface area contributed by atoms with Crippen molar-refractivity contribution in [2.24, 2.45) is 0 Å². The highest BCUT2D eigenvalue weighted by atomic mass is 79.9. The van der Waals surface area contributed by atoms with Gasteiger partial charge in [0, 0.05) is 35.7 Å². The maximum atomic E-state index is 5.35. The Morgan fingerprint density at radius 3 is 2.86 bits per heavy atom. The molecule has 1 aliphatic heterocycles. The van der Waals surface area contributed by atoms with Gasteiger partial charge < -0.3 is 4.74 Å². The zero-order valence-electron chi connectivity index (χ0n) is 8.35. The molecule has 0 bridgehead atoms. The molecule has 1 aromatic heterocycles. The molecular weight excluding hydrogens is 244 g/mol. The number of nitrogens with zero attached hydrogens (tertiary/aromatic N) is 1. The Balaban J connectivity index is 2.21. The second-order valence-corrected chi connectivity index (χ2v) is 4.29. The van der Waals surface area contributed by atoms with E-state index in [0.29, 0.717) is 5.92 Å². The Hall–Kier alpha value is -0.350. The molecule has 0 saturated carbocycles. The number of hydrogen-bond donors (Lipinski definition) is 1. The molecule has 1 aromatic rings. The van der Waals surface area contributed by atoms with Gasteiger partial charge in [-0.2, -0.15) is 5.10 Å². The number of aromatic amines is 1. The number of H-pyrrole nitrogens is 1.